The van der Waals surface area contributed by atoms with Crippen LogP contribution >= 0.6 is 0 Å². The molecule has 6 nitrogen and oxygen atoms in total. The minimum atomic E-state index is -2.41. The van der Waals surface area contributed by atoms with E-state index in [-0.39, 0.29) is 11.1 Å². The van der Waals surface area contributed by atoms with E-state index in [2.05, 4.69) is 64.7 Å². The maximum absolute atomic E-state index is 12.4. The summed E-state index contributed by atoms with van der Waals surface area (Å²) in [4.78, 5) is 26.6. The van der Waals surface area contributed by atoms with E-state index >= 15 is 0 Å². The molecule has 6 rings (SSSR count). The highest BCUT2D eigenvalue weighted by Gasteiger charge is 2.43. The lowest BCUT2D eigenvalue weighted by Gasteiger charge is -2.40. The van der Waals surface area contributed by atoms with Gasteiger partial charge in [-0.3, -0.25) is 0 Å². The lowest BCUT2D eigenvalue weighted by molar-refractivity contribution is -0.582. The Kier molecular flexibility index (Phi) is 5.42. The van der Waals surface area contributed by atoms with Gasteiger partial charge in [0, 0.05) is 30.9 Å². The number of anilines is 1. The fraction of sp³-hybridized carbons (Fsp3) is 0.233. The fourth-order valence-electron chi connectivity index (χ4n) is 5.77. The molecule has 2 aromatic rings. The molecule has 4 aliphatic rings. The molecule has 0 amide bonds. The van der Waals surface area contributed by atoms with Crippen molar-refractivity contribution >= 4 is 42.2 Å². The van der Waals surface area contributed by atoms with Crippen molar-refractivity contribution in [1.82, 2.24) is 0 Å². The summed E-state index contributed by atoms with van der Waals surface area (Å²) in [5.41, 5.74) is 7.77. The number of carbonyl (C=O) groups is 2. The maximum atomic E-state index is 12.4. The molecule has 37 heavy (non-hydrogen) atoms. The van der Waals surface area contributed by atoms with Crippen molar-refractivity contribution in [2.75, 3.05) is 31.1 Å². The van der Waals surface area contributed by atoms with Crippen LogP contribution in [0, 0.1) is 0 Å². The van der Waals surface area contributed by atoms with E-state index in [0.717, 1.165) is 42.9 Å². The number of carboxylic acids is 2. The molecular formula is C30H29N2O4Si+. The third-order valence-corrected chi connectivity index (χ3v) is 12.2. The molecule has 3 heterocycles. The Morgan fingerprint density at radius 1 is 1.00 bits per heavy atom. The molecular weight excluding hydrogens is 480 g/mol. The summed E-state index contributed by atoms with van der Waals surface area (Å²) < 4.78 is 2.36. The second kappa shape index (κ2) is 8.56. The summed E-state index contributed by atoms with van der Waals surface area (Å²) in [5.74, 6) is -2.16. The van der Waals surface area contributed by atoms with E-state index in [0.29, 0.717) is 5.56 Å². The highest BCUT2D eigenvalue weighted by molar-refractivity contribution is 7.02. The largest absolute Gasteiger partial charge is 0.478 e. The Hall–Kier alpha value is -3.97. The summed E-state index contributed by atoms with van der Waals surface area (Å²) >= 11 is 0. The smallest absolute Gasteiger partial charge is 0.336 e. The number of benzene rings is 2. The standard InChI is InChI=1S/C30H28N2O4Si/c1-3-37(2)26-17-20(31-12-4-13-31)7-10-23(26)28(24-11-8-21(18-27(24)37)32-14-5-15-32)25-16-19(29(33)34)6-9-22(25)30(35)36/h3,6-11,16-18H,1,4-5,12-15H2,2H3,(H-,33,34,35,36)/p+1. The molecule has 2 fully saturated rings. The number of aromatic carboxylic acids is 2. The second-order valence-corrected chi connectivity index (χ2v) is 14.2. The van der Waals surface area contributed by atoms with E-state index < -0.39 is 20.0 Å². The van der Waals surface area contributed by atoms with Crippen LogP contribution in [0.25, 0.3) is 5.57 Å². The number of hydrogen-bond acceptors (Lipinski definition) is 3. The van der Waals surface area contributed by atoms with Crippen molar-refractivity contribution in [1.29, 1.82) is 0 Å². The van der Waals surface area contributed by atoms with Gasteiger partial charge in [0.25, 0.3) is 0 Å². The average molecular weight is 510 g/mol. The van der Waals surface area contributed by atoms with Gasteiger partial charge in [-0.05, 0) is 75.5 Å². The lowest BCUT2D eigenvalue weighted by atomic mass is 9.86. The highest BCUT2D eigenvalue weighted by atomic mass is 28.3. The predicted octanol–water partition coefficient (Wildman–Crippen LogP) is 4.01. The first-order chi connectivity index (χ1) is 17.8. The molecule has 1 unspecified atom stereocenters. The van der Waals surface area contributed by atoms with Crippen LogP contribution in [0.2, 0.25) is 6.55 Å². The van der Waals surface area contributed by atoms with Gasteiger partial charge in [0.2, 0.25) is 0 Å². The van der Waals surface area contributed by atoms with Crippen LogP contribution in [0.15, 0.2) is 77.7 Å². The molecule has 0 saturated carbocycles. The van der Waals surface area contributed by atoms with Crippen molar-refractivity contribution in [2.45, 2.75) is 19.4 Å². The third kappa shape index (κ3) is 3.56. The predicted molar refractivity (Wildman–Crippen MR) is 148 cm³/mol. The Morgan fingerprint density at radius 2 is 1.78 bits per heavy atom. The normalized spacial score (nSPS) is 22.0. The number of fused-ring (bicyclic) bond motifs is 2. The zero-order valence-electron chi connectivity index (χ0n) is 20.8. The minimum Gasteiger partial charge on any atom is -0.478 e. The van der Waals surface area contributed by atoms with Crippen LogP contribution in [-0.2, 0) is 0 Å². The molecule has 0 radical (unpaired) electrons. The Morgan fingerprint density at radius 3 is 2.38 bits per heavy atom. The van der Waals surface area contributed by atoms with Gasteiger partial charge in [0.1, 0.15) is 21.2 Å². The quantitative estimate of drug-likeness (QED) is 0.470. The summed E-state index contributed by atoms with van der Waals surface area (Å²) in [5, 5.41) is 22.2. The fourth-order valence-corrected chi connectivity index (χ4v) is 8.93. The first-order valence-corrected chi connectivity index (χ1v) is 15.3. The van der Waals surface area contributed by atoms with Crippen LogP contribution in [0.5, 0.6) is 0 Å². The molecule has 3 aliphatic heterocycles. The molecule has 0 bridgehead atoms. The number of carboxylic acid groups (broad SMARTS) is 2. The van der Waals surface area contributed by atoms with Crippen molar-refractivity contribution in [3.63, 3.8) is 0 Å². The molecule has 1 atom stereocenters. The second-order valence-electron chi connectivity index (χ2n) is 10.3. The number of nitrogens with zero attached hydrogens (tertiary/aromatic N) is 2. The van der Waals surface area contributed by atoms with E-state index in [1.54, 1.807) is 0 Å². The van der Waals surface area contributed by atoms with Crippen LogP contribution < -0.4 is 10.1 Å². The summed E-state index contributed by atoms with van der Waals surface area (Å²) in [6.45, 7) is 10.7. The topological polar surface area (TPSA) is 80.8 Å². The number of rotatable bonds is 5. The maximum Gasteiger partial charge on any atom is 0.336 e. The lowest BCUT2D eigenvalue weighted by Crippen LogP contribution is -2.51. The molecule has 7 heteroatoms. The molecule has 0 aromatic heterocycles. The Bertz CT molecular complexity index is 1520. The summed E-state index contributed by atoms with van der Waals surface area (Å²) in [7, 11) is -2.41. The van der Waals surface area contributed by atoms with E-state index in [4.69, 9.17) is 0 Å². The van der Waals surface area contributed by atoms with Gasteiger partial charge < -0.3 is 15.1 Å². The zero-order chi connectivity index (χ0) is 25.9. The molecule has 0 spiro atoms. The summed E-state index contributed by atoms with van der Waals surface area (Å²) in [6, 6.07) is 10.8. The highest BCUT2D eigenvalue weighted by Crippen LogP contribution is 2.43. The molecule has 2 N–H and O–H groups in total. The van der Waals surface area contributed by atoms with E-state index in [1.807, 2.05) is 0 Å². The Labute approximate surface area is 216 Å². The van der Waals surface area contributed by atoms with Crippen molar-refractivity contribution in [3.05, 3.63) is 99.9 Å². The molecule has 186 valence electrons. The third-order valence-electron chi connectivity index (χ3n) is 8.28. The van der Waals surface area contributed by atoms with E-state index in [1.165, 1.54) is 52.8 Å². The van der Waals surface area contributed by atoms with E-state index in [9.17, 15) is 19.8 Å². The van der Waals surface area contributed by atoms with Crippen LogP contribution in [0.3, 0.4) is 0 Å². The first-order valence-electron chi connectivity index (χ1n) is 12.7. The van der Waals surface area contributed by atoms with Gasteiger partial charge in [-0.2, -0.15) is 0 Å². The van der Waals surface area contributed by atoms with Crippen LogP contribution in [0.1, 0.15) is 44.7 Å². The van der Waals surface area contributed by atoms with Gasteiger partial charge >= 0.3 is 11.9 Å². The zero-order valence-corrected chi connectivity index (χ0v) is 21.8. The molecule has 2 aromatic carbocycles. The number of allylic oxidation sites excluding steroid dienone is 5. The Balaban J connectivity index is 1.69. The van der Waals surface area contributed by atoms with Gasteiger partial charge in [-0.25, -0.2) is 14.2 Å². The summed E-state index contributed by atoms with van der Waals surface area (Å²) in [6.07, 6.45) is 8.82. The first kappa shape index (κ1) is 23.4. The molecule has 1 aliphatic carbocycles. The van der Waals surface area contributed by atoms with Crippen molar-refractivity contribution in [3.8, 4) is 0 Å². The van der Waals surface area contributed by atoms with Crippen LogP contribution in [-0.4, -0.2) is 66.7 Å². The number of hydrogen-bond donors (Lipinski definition) is 2. The van der Waals surface area contributed by atoms with Crippen LogP contribution in [0.4, 0.5) is 5.69 Å². The van der Waals surface area contributed by atoms with Gasteiger partial charge in [0.05, 0.1) is 17.5 Å². The van der Waals surface area contributed by atoms with Gasteiger partial charge in [-0.1, -0.05) is 18.3 Å². The minimum absolute atomic E-state index is 0.0688. The monoisotopic (exact) mass is 509 g/mol. The average Bonchev–Trinajstić information content (AvgIpc) is 2.82. The van der Waals surface area contributed by atoms with Gasteiger partial charge in [-0.15, -0.1) is 6.58 Å². The van der Waals surface area contributed by atoms with Gasteiger partial charge in [0.15, 0.2) is 5.71 Å². The van der Waals surface area contributed by atoms with Crippen molar-refractivity contribution < 1.29 is 24.4 Å². The molecule has 2 saturated heterocycles. The SMILES string of the molecule is C=C[Si]1(C)C2=CC(=[N+]3CCC3)C=CC2=C(c2cc(C(=O)O)ccc2C(=O)O)c2ccc(N3CCC3)cc21. The van der Waals surface area contributed by atoms with Crippen molar-refractivity contribution in [2.24, 2.45) is 0 Å².